The zero-order valence-electron chi connectivity index (χ0n) is 15.2. The minimum absolute atomic E-state index is 0.00690. The van der Waals surface area contributed by atoms with Crippen molar-refractivity contribution in [1.82, 2.24) is 19.7 Å². The predicted molar refractivity (Wildman–Crippen MR) is 104 cm³/mol. The summed E-state index contributed by atoms with van der Waals surface area (Å²) >= 11 is 6.15. The Morgan fingerprint density at radius 2 is 1.96 bits per heavy atom. The molecule has 0 bridgehead atoms. The summed E-state index contributed by atoms with van der Waals surface area (Å²) in [6.07, 6.45) is 4.36. The maximum Gasteiger partial charge on any atom is 0.222 e. The predicted octanol–water partition coefficient (Wildman–Crippen LogP) is 4.21. The van der Waals surface area contributed by atoms with Gasteiger partial charge in [0.2, 0.25) is 5.91 Å². The van der Waals surface area contributed by atoms with Crippen LogP contribution in [0.4, 0.5) is 0 Å². The molecule has 3 aromatic rings. The minimum Gasteiger partial charge on any atom is -0.350 e. The number of carbonyl (C=O) groups is 1. The quantitative estimate of drug-likeness (QED) is 0.706. The number of hydrogen-bond donors (Lipinski definition) is 1. The molecule has 0 aliphatic carbocycles. The van der Waals surface area contributed by atoms with Gasteiger partial charge in [0.15, 0.2) is 0 Å². The molecule has 0 fully saturated rings. The molecule has 1 aromatic carbocycles. The average Bonchev–Trinajstić information content (AvgIpc) is 3.25. The number of halogens is 1. The van der Waals surface area contributed by atoms with E-state index in [1.54, 1.807) is 4.68 Å². The summed E-state index contributed by atoms with van der Waals surface area (Å²) in [5, 5.41) is 8.09. The molecule has 2 aromatic heterocycles. The number of aryl methyl sites for hydroxylation is 2. The number of amides is 1. The minimum atomic E-state index is -0.0675. The molecule has 0 saturated carbocycles. The molecule has 0 aliphatic rings. The summed E-state index contributed by atoms with van der Waals surface area (Å²) in [5.41, 5.74) is 3.83. The smallest absolute Gasteiger partial charge is 0.222 e. The third kappa shape index (κ3) is 3.99. The van der Waals surface area contributed by atoms with Crippen LogP contribution in [-0.2, 0) is 11.3 Å². The number of nitrogens with one attached hydrogen (secondary N) is 1. The van der Waals surface area contributed by atoms with Crippen molar-refractivity contribution in [1.29, 1.82) is 0 Å². The molecule has 136 valence electrons. The fraction of sp³-hybridized carbons (Fsp3) is 0.300. The molecule has 0 saturated heterocycles. The number of benzene rings is 1. The highest BCUT2D eigenvalue weighted by atomic mass is 35.5. The largest absolute Gasteiger partial charge is 0.350 e. The van der Waals surface area contributed by atoms with Gasteiger partial charge in [-0.2, -0.15) is 5.10 Å². The third-order valence-corrected chi connectivity index (χ3v) is 5.04. The Hall–Kier alpha value is -2.53. The standard InChI is InChI=1S/C20H23ClN4O/c1-14(17-7-6-8-18(13-17)24-10-4-5-11-24)22-19(26)9-12-25-16(3)20(21)15(2)23-25/h4-8,10-11,13-14H,9,12H2,1-3H3,(H,22,26). The van der Waals surface area contributed by atoms with Gasteiger partial charge in [-0.25, -0.2) is 0 Å². The lowest BCUT2D eigenvalue weighted by Crippen LogP contribution is -2.27. The SMILES string of the molecule is Cc1nn(CCC(=O)NC(C)c2cccc(-n3cccc3)c2)c(C)c1Cl. The number of carbonyl (C=O) groups excluding carboxylic acids is 1. The second-order valence-corrected chi connectivity index (χ2v) is 6.81. The van der Waals surface area contributed by atoms with E-state index in [2.05, 4.69) is 16.5 Å². The molecular weight excluding hydrogens is 348 g/mol. The van der Waals surface area contributed by atoms with Crippen molar-refractivity contribution in [3.8, 4) is 5.69 Å². The number of rotatable bonds is 6. The lowest BCUT2D eigenvalue weighted by Gasteiger charge is -2.16. The highest BCUT2D eigenvalue weighted by molar-refractivity contribution is 6.31. The first-order valence-electron chi connectivity index (χ1n) is 8.68. The average molecular weight is 371 g/mol. The van der Waals surface area contributed by atoms with Gasteiger partial charge in [0, 0.05) is 24.5 Å². The van der Waals surface area contributed by atoms with Crippen LogP contribution in [0.25, 0.3) is 5.69 Å². The molecule has 0 radical (unpaired) electrons. The van der Waals surface area contributed by atoms with Crippen LogP contribution in [0.15, 0.2) is 48.8 Å². The summed E-state index contributed by atoms with van der Waals surface area (Å²) in [5.74, 6) is -0.00690. The molecule has 2 heterocycles. The molecule has 26 heavy (non-hydrogen) atoms. The summed E-state index contributed by atoms with van der Waals surface area (Å²) in [6.45, 7) is 6.29. The molecule has 0 spiro atoms. The molecule has 1 atom stereocenters. The van der Waals surface area contributed by atoms with Gasteiger partial charge < -0.3 is 9.88 Å². The van der Waals surface area contributed by atoms with E-state index >= 15 is 0 Å². The maximum atomic E-state index is 12.3. The number of nitrogens with zero attached hydrogens (tertiary/aromatic N) is 3. The van der Waals surface area contributed by atoms with E-state index in [-0.39, 0.29) is 11.9 Å². The van der Waals surface area contributed by atoms with E-state index in [1.165, 1.54) is 0 Å². The van der Waals surface area contributed by atoms with E-state index in [0.29, 0.717) is 18.0 Å². The van der Waals surface area contributed by atoms with Gasteiger partial charge >= 0.3 is 0 Å². The van der Waals surface area contributed by atoms with Crippen LogP contribution in [0.2, 0.25) is 5.02 Å². The van der Waals surface area contributed by atoms with E-state index in [4.69, 9.17) is 11.6 Å². The third-order valence-electron chi connectivity index (χ3n) is 4.49. The molecule has 3 rings (SSSR count). The van der Waals surface area contributed by atoms with Gasteiger partial charge in [0.1, 0.15) is 0 Å². The van der Waals surface area contributed by atoms with Crippen LogP contribution in [-0.4, -0.2) is 20.3 Å². The van der Waals surface area contributed by atoms with E-state index in [1.807, 2.05) is 68.1 Å². The van der Waals surface area contributed by atoms with Gasteiger partial charge in [-0.3, -0.25) is 9.48 Å². The zero-order chi connectivity index (χ0) is 18.7. The Bertz CT molecular complexity index is 899. The van der Waals surface area contributed by atoms with E-state index < -0.39 is 0 Å². The van der Waals surface area contributed by atoms with Crippen molar-refractivity contribution in [2.24, 2.45) is 0 Å². The Labute approximate surface area is 158 Å². The Kier molecular flexibility index (Phi) is 5.47. The first kappa shape index (κ1) is 18.3. The van der Waals surface area contributed by atoms with Gasteiger partial charge in [-0.15, -0.1) is 0 Å². The van der Waals surface area contributed by atoms with Crippen molar-refractivity contribution in [3.63, 3.8) is 0 Å². The molecule has 1 amide bonds. The molecule has 0 aliphatic heterocycles. The summed E-state index contributed by atoms with van der Waals surface area (Å²) in [4.78, 5) is 12.3. The van der Waals surface area contributed by atoms with E-state index in [9.17, 15) is 4.79 Å². The summed E-state index contributed by atoms with van der Waals surface area (Å²) in [7, 11) is 0. The first-order valence-corrected chi connectivity index (χ1v) is 9.05. The van der Waals surface area contributed by atoms with Crippen LogP contribution in [0.1, 0.15) is 36.3 Å². The monoisotopic (exact) mass is 370 g/mol. The van der Waals surface area contributed by atoms with Crippen molar-refractivity contribution in [3.05, 3.63) is 70.8 Å². The molecule has 1 N–H and O–H groups in total. The summed E-state index contributed by atoms with van der Waals surface area (Å²) in [6, 6.07) is 12.1. The maximum absolute atomic E-state index is 12.3. The molecule has 1 unspecified atom stereocenters. The van der Waals surface area contributed by atoms with Crippen LogP contribution >= 0.6 is 11.6 Å². The van der Waals surface area contributed by atoms with Gasteiger partial charge in [-0.05, 0) is 50.6 Å². The van der Waals surface area contributed by atoms with Crippen molar-refractivity contribution < 1.29 is 4.79 Å². The zero-order valence-corrected chi connectivity index (χ0v) is 16.0. The topological polar surface area (TPSA) is 51.9 Å². The Balaban J connectivity index is 1.60. The lowest BCUT2D eigenvalue weighted by molar-refractivity contribution is -0.122. The fourth-order valence-corrected chi connectivity index (χ4v) is 3.09. The normalized spacial score (nSPS) is 12.2. The highest BCUT2D eigenvalue weighted by Gasteiger charge is 2.13. The highest BCUT2D eigenvalue weighted by Crippen LogP contribution is 2.20. The van der Waals surface area contributed by atoms with Crippen LogP contribution in [0, 0.1) is 13.8 Å². The van der Waals surface area contributed by atoms with Gasteiger partial charge in [0.05, 0.1) is 29.0 Å². The van der Waals surface area contributed by atoms with Gasteiger partial charge in [-0.1, -0.05) is 23.7 Å². The van der Waals surface area contributed by atoms with Crippen molar-refractivity contribution >= 4 is 17.5 Å². The Morgan fingerprint density at radius 1 is 1.23 bits per heavy atom. The second kappa shape index (κ2) is 7.79. The summed E-state index contributed by atoms with van der Waals surface area (Å²) < 4.78 is 3.83. The lowest BCUT2D eigenvalue weighted by atomic mass is 10.1. The fourth-order valence-electron chi connectivity index (χ4n) is 2.96. The van der Waals surface area contributed by atoms with E-state index in [0.717, 1.165) is 22.6 Å². The molecule has 6 heteroatoms. The van der Waals surface area contributed by atoms with Crippen LogP contribution in [0.5, 0.6) is 0 Å². The van der Waals surface area contributed by atoms with Gasteiger partial charge in [0.25, 0.3) is 0 Å². The van der Waals surface area contributed by atoms with Crippen molar-refractivity contribution in [2.75, 3.05) is 0 Å². The second-order valence-electron chi connectivity index (χ2n) is 6.43. The number of hydrogen-bond acceptors (Lipinski definition) is 2. The van der Waals surface area contributed by atoms with Crippen LogP contribution < -0.4 is 5.32 Å². The van der Waals surface area contributed by atoms with Crippen LogP contribution in [0.3, 0.4) is 0 Å². The number of aromatic nitrogens is 3. The van der Waals surface area contributed by atoms with Crippen molar-refractivity contribution in [2.45, 2.75) is 39.8 Å². The Morgan fingerprint density at radius 3 is 2.62 bits per heavy atom. The first-order chi connectivity index (χ1) is 12.5. The molecule has 5 nitrogen and oxygen atoms in total. The molecular formula is C20H23ClN4O.